The number of para-hydroxylation sites is 1. The third kappa shape index (κ3) is 9.87. The highest BCUT2D eigenvalue weighted by Crippen LogP contribution is 2.28. The number of aryl methyl sites for hydroxylation is 2. The van der Waals surface area contributed by atoms with Crippen molar-refractivity contribution in [3.05, 3.63) is 144 Å². The van der Waals surface area contributed by atoms with Crippen molar-refractivity contribution in [2.45, 2.75) is 30.0 Å². The third-order valence-corrected chi connectivity index (χ3v) is 9.75. The van der Waals surface area contributed by atoms with E-state index in [9.17, 15) is 26.0 Å². The Morgan fingerprint density at radius 1 is 0.868 bits per heavy atom. The second-order valence-electron chi connectivity index (χ2n) is 11.4. The van der Waals surface area contributed by atoms with Crippen molar-refractivity contribution in [1.82, 2.24) is 20.2 Å². The van der Waals surface area contributed by atoms with Crippen LogP contribution in [0.3, 0.4) is 0 Å². The number of ether oxygens (including phenoxy) is 1. The van der Waals surface area contributed by atoms with E-state index < -0.39 is 22.2 Å². The largest absolute Gasteiger partial charge is 0.573 e. The summed E-state index contributed by atoms with van der Waals surface area (Å²) in [7, 11) is -3.91. The molecule has 0 spiro atoms. The summed E-state index contributed by atoms with van der Waals surface area (Å²) in [6.45, 7) is 3.90. The number of hydrogen-bond acceptors (Lipinski definition) is 8. The van der Waals surface area contributed by atoms with Gasteiger partial charge in [-0.1, -0.05) is 54.2 Å². The first-order valence-electron chi connectivity index (χ1n) is 15.7. The number of thioether (sulfide) groups is 1. The average molecular weight is 760 g/mol. The molecule has 0 aliphatic carbocycles. The maximum atomic E-state index is 13.3. The molecule has 10 nitrogen and oxygen atoms in total. The van der Waals surface area contributed by atoms with Crippen LogP contribution in [0.25, 0.3) is 17.1 Å². The molecule has 0 aliphatic heterocycles. The highest BCUT2D eigenvalue weighted by molar-refractivity contribution is 8.13. The number of rotatable bonds is 10. The molecule has 2 N–H and O–H groups in total. The molecule has 0 saturated carbocycles. The number of amidine groups is 1. The van der Waals surface area contributed by atoms with E-state index in [2.05, 4.69) is 30.1 Å². The van der Waals surface area contributed by atoms with Crippen molar-refractivity contribution in [1.29, 1.82) is 0 Å². The van der Waals surface area contributed by atoms with E-state index in [1.807, 2.05) is 56.3 Å². The number of anilines is 1. The summed E-state index contributed by atoms with van der Waals surface area (Å²) in [5.41, 5.74) is 7.89. The van der Waals surface area contributed by atoms with Gasteiger partial charge in [0, 0.05) is 16.1 Å². The number of sulfonamides is 1. The Hall–Kier alpha value is -6.00. The van der Waals surface area contributed by atoms with Crippen LogP contribution in [-0.4, -0.2) is 40.9 Å². The van der Waals surface area contributed by atoms with Gasteiger partial charge in [0.25, 0.3) is 10.0 Å². The van der Waals surface area contributed by atoms with Crippen molar-refractivity contribution in [3.8, 4) is 22.8 Å². The fraction of sp³-hybridized carbons (Fsp3) is 0.0811. The van der Waals surface area contributed by atoms with E-state index in [4.69, 9.17) is 4.99 Å². The third-order valence-electron chi connectivity index (χ3n) is 7.47. The quantitative estimate of drug-likeness (QED) is 0.0471. The summed E-state index contributed by atoms with van der Waals surface area (Å²) in [6, 6.07) is 29.6. The lowest BCUT2D eigenvalue weighted by Crippen LogP contribution is -2.17. The standard InChI is InChI=1S/C37H29F4N7O3S2/c1-24-4-3-5-25(2)34(24)44-36(52-32-18-20-33(21-19-32)53(49,50)47-29-12-10-28(38)11-13-29)45-43-22-26-6-8-27(9-7-26)35-42-23-48(46-35)30-14-16-31(17-15-30)51-37(39,40)41/h3-23,47H,1-2H3,(H,44,45)/b43-22+. The lowest BCUT2D eigenvalue weighted by atomic mass is 10.1. The number of aromatic nitrogens is 3. The summed E-state index contributed by atoms with van der Waals surface area (Å²) >= 11 is 1.26. The summed E-state index contributed by atoms with van der Waals surface area (Å²) in [5, 5.41) is 9.27. The van der Waals surface area contributed by atoms with Crippen molar-refractivity contribution in [2.24, 2.45) is 10.1 Å². The Bertz CT molecular complexity index is 2340. The molecule has 0 fully saturated rings. The molecule has 0 atom stereocenters. The smallest absolute Gasteiger partial charge is 0.406 e. The Morgan fingerprint density at radius 3 is 2.17 bits per heavy atom. The van der Waals surface area contributed by atoms with Crippen LogP contribution in [-0.2, 0) is 10.0 Å². The molecule has 270 valence electrons. The Labute approximate surface area is 306 Å². The molecule has 53 heavy (non-hydrogen) atoms. The van der Waals surface area contributed by atoms with Gasteiger partial charge in [0.15, 0.2) is 11.0 Å². The summed E-state index contributed by atoms with van der Waals surface area (Å²) in [6.07, 6.45) is -1.71. The number of hydrogen-bond donors (Lipinski definition) is 2. The van der Waals surface area contributed by atoms with Crippen LogP contribution < -0.4 is 14.9 Å². The minimum Gasteiger partial charge on any atom is -0.406 e. The summed E-state index contributed by atoms with van der Waals surface area (Å²) in [5.74, 6) is -0.402. The molecular formula is C37H29F4N7O3S2. The molecule has 0 amide bonds. The van der Waals surface area contributed by atoms with E-state index in [1.54, 1.807) is 18.3 Å². The van der Waals surface area contributed by atoms with Crippen LogP contribution in [0.4, 0.5) is 28.9 Å². The van der Waals surface area contributed by atoms with Gasteiger partial charge in [0.2, 0.25) is 0 Å². The Morgan fingerprint density at radius 2 is 1.53 bits per heavy atom. The lowest BCUT2D eigenvalue weighted by Gasteiger charge is -2.11. The number of alkyl halides is 3. The predicted octanol–water partition coefficient (Wildman–Crippen LogP) is 8.79. The number of aliphatic imine (C=N–C) groups is 1. The molecule has 0 radical (unpaired) electrons. The van der Waals surface area contributed by atoms with Crippen molar-refractivity contribution in [2.75, 3.05) is 4.72 Å². The van der Waals surface area contributed by atoms with Crippen molar-refractivity contribution >= 4 is 44.5 Å². The lowest BCUT2D eigenvalue weighted by molar-refractivity contribution is -0.274. The zero-order valence-corrected chi connectivity index (χ0v) is 29.5. The molecule has 16 heteroatoms. The van der Waals surface area contributed by atoms with Crippen LogP contribution in [0.5, 0.6) is 5.75 Å². The Balaban J connectivity index is 1.14. The van der Waals surface area contributed by atoms with E-state index in [-0.39, 0.29) is 16.3 Å². The molecular weight excluding hydrogens is 731 g/mol. The highest BCUT2D eigenvalue weighted by Gasteiger charge is 2.31. The first-order valence-corrected chi connectivity index (χ1v) is 18.0. The monoisotopic (exact) mass is 759 g/mol. The van der Waals surface area contributed by atoms with Crippen LogP contribution in [0.1, 0.15) is 16.7 Å². The number of benzene rings is 5. The number of halogens is 4. The molecule has 0 bridgehead atoms. The van der Waals surface area contributed by atoms with E-state index in [0.29, 0.717) is 27.1 Å². The minimum absolute atomic E-state index is 0.0319. The van der Waals surface area contributed by atoms with Crippen molar-refractivity contribution < 1.29 is 30.7 Å². The molecule has 6 rings (SSSR count). The van der Waals surface area contributed by atoms with Gasteiger partial charge in [-0.2, -0.15) is 5.10 Å². The maximum Gasteiger partial charge on any atom is 0.573 e. The normalized spacial score (nSPS) is 12.2. The molecule has 5 aromatic carbocycles. The molecule has 1 heterocycles. The van der Waals surface area contributed by atoms with E-state index >= 15 is 0 Å². The van der Waals surface area contributed by atoms with E-state index in [0.717, 1.165) is 22.4 Å². The van der Waals surface area contributed by atoms with Crippen LogP contribution in [0.15, 0.2) is 141 Å². The topological polar surface area (TPSA) is 123 Å². The van der Waals surface area contributed by atoms with E-state index in [1.165, 1.54) is 83.4 Å². The fourth-order valence-corrected chi connectivity index (χ4v) is 6.67. The first-order chi connectivity index (χ1) is 25.3. The Kier molecular flexibility index (Phi) is 10.9. The average Bonchev–Trinajstić information content (AvgIpc) is 3.61. The maximum absolute atomic E-state index is 13.3. The zero-order valence-electron chi connectivity index (χ0n) is 27.9. The van der Waals surface area contributed by atoms with Crippen LogP contribution in [0.2, 0.25) is 0 Å². The number of hydrazone groups is 1. The zero-order chi connectivity index (χ0) is 37.6. The first kappa shape index (κ1) is 36.8. The van der Waals surface area contributed by atoms with Gasteiger partial charge >= 0.3 is 6.36 Å². The van der Waals surface area contributed by atoms with Gasteiger partial charge in [0.05, 0.1) is 22.5 Å². The van der Waals surface area contributed by atoms with Crippen LogP contribution >= 0.6 is 11.8 Å². The second-order valence-corrected chi connectivity index (χ2v) is 14.1. The fourth-order valence-electron chi connectivity index (χ4n) is 4.89. The van der Waals surface area contributed by atoms with Gasteiger partial charge in [-0.25, -0.2) is 27.5 Å². The van der Waals surface area contributed by atoms with Gasteiger partial charge in [-0.15, -0.1) is 18.3 Å². The second kappa shape index (κ2) is 15.7. The number of nitrogens with zero attached hydrogens (tertiary/aromatic N) is 5. The molecule has 0 unspecified atom stereocenters. The molecule has 0 saturated heterocycles. The van der Waals surface area contributed by atoms with Gasteiger partial charge in [-0.05, 0) is 103 Å². The predicted molar refractivity (Wildman–Crippen MR) is 197 cm³/mol. The number of nitrogens with one attached hydrogen (secondary N) is 2. The van der Waals surface area contributed by atoms with Gasteiger partial charge in [-0.3, -0.25) is 10.1 Å². The molecule has 1 aromatic heterocycles. The van der Waals surface area contributed by atoms with Crippen LogP contribution in [0, 0.1) is 19.7 Å². The highest BCUT2D eigenvalue weighted by atomic mass is 32.2. The molecule has 0 aliphatic rings. The minimum atomic E-state index is -4.78. The molecule has 6 aromatic rings. The van der Waals surface area contributed by atoms with Gasteiger partial charge in [0.1, 0.15) is 17.9 Å². The SMILES string of the molecule is Cc1cccc(C)c1/N=C(/N/N=C/c1ccc(-c2ncn(-c3ccc(OC(F)(F)F)cc3)n2)cc1)Sc1ccc(S(=O)(=O)Nc2ccc(F)cc2)cc1. The summed E-state index contributed by atoms with van der Waals surface area (Å²) in [4.78, 5) is 9.88. The summed E-state index contributed by atoms with van der Waals surface area (Å²) < 4.78 is 84.3. The van der Waals surface area contributed by atoms with Crippen molar-refractivity contribution in [3.63, 3.8) is 0 Å². The van der Waals surface area contributed by atoms with Gasteiger partial charge < -0.3 is 4.74 Å².